The quantitative estimate of drug-likeness (QED) is 0.280. The summed E-state index contributed by atoms with van der Waals surface area (Å²) in [7, 11) is 0. The molecule has 32 heavy (non-hydrogen) atoms. The van der Waals surface area contributed by atoms with Crippen LogP contribution in [-0.4, -0.2) is 16.0 Å². The van der Waals surface area contributed by atoms with Gasteiger partial charge in [0.1, 0.15) is 11.1 Å². The predicted molar refractivity (Wildman–Crippen MR) is 129 cm³/mol. The highest BCUT2D eigenvalue weighted by Gasteiger charge is 2.20. The van der Waals surface area contributed by atoms with Gasteiger partial charge in [-0.05, 0) is 54.7 Å². The van der Waals surface area contributed by atoms with Crippen molar-refractivity contribution >= 4 is 74.2 Å². The summed E-state index contributed by atoms with van der Waals surface area (Å²) in [6.07, 6.45) is 0. The smallest absolute Gasteiger partial charge is 0.294 e. The lowest BCUT2D eigenvalue weighted by molar-refractivity contribution is 0.0953. The maximum Gasteiger partial charge on any atom is 0.294 e. The summed E-state index contributed by atoms with van der Waals surface area (Å²) in [6, 6.07) is 19.7. The Bertz CT molecular complexity index is 1510. The molecular weight excluding hydrogens is 469 g/mol. The number of carbonyl (C=O) groups excluding carboxylic acids is 1. The van der Waals surface area contributed by atoms with E-state index >= 15 is 0 Å². The average Bonchev–Trinajstić information content (AvgIpc) is 3.35. The van der Waals surface area contributed by atoms with E-state index in [1.165, 1.54) is 0 Å². The summed E-state index contributed by atoms with van der Waals surface area (Å²) >= 11 is 17.8. The highest BCUT2D eigenvalue weighted by molar-refractivity contribution is 7.80. The van der Waals surface area contributed by atoms with E-state index in [4.69, 9.17) is 44.3 Å². The van der Waals surface area contributed by atoms with Gasteiger partial charge in [-0.3, -0.25) is 10.1 Å². The number of nitrogens with one attached hydrogen (secondary N) is 2. The van der Waals surface area contributed by atoms with Gasteiger partial charge >= 0.3 is 0 Å². The Balaban J connectivity index is 1.33. The first kappa shape index (κ1) is 20.5. The highest BCUT2D eigenvalue weighted by atomic mass is 35.5. The summed E-state index contributed by atoms with van der Waals surface area (Å²) in [6.45, 7) is 0. The second-order valence-electron chi connectivity index (χ2n) is 6.83. The normalized spacial score (nSPS) is 11.1. The summed E-state index contributed by atoms with van der Waals surface area (Å²) in [5.74, 6) is -0.140. The molecule has 0 aliphatic heterocycles. The van der Waals surface area contributed by atoms with E-state index in [0.717, 1.165) is 0 Å². The zero-order valence-corrected chi connectivity index (χ0v) is 18.5. The monoisotopic (exact) mass is 481 g/mol. The van der Waals surface area contributed by atoms with Crippen LogP contribution >= 0.6 is 35.4 Å². The van der Waals surface area contributed by atoms with Crippen molar-refractivity contribution in [3.8, 4) is 11.5 Å². The molecule has 2 heterocycles. The fraction of sp³-hybridized carbons (Fsp3) is 0. The number of para-hydroxylation sites is 1. The molecule has 0 aliphatic rings. The predicted octanol–water partition coefficient (Wildman–Crippen LogP) is 6.67. The van der Waals surface area contributed by atoms with Crippen LogP contribution in [0.25, 0.3) is 33.5 Å². The van der Waals surface area contributed by atoms with Crippen molar-refractivity contribution < 1.29 is 13.6 Å². The fourth-order valence-corrected chi connectivity index (χ4v) is 3.94. The topological polar surface area (TPSA) is 80.3 Å². The number of carbonyl (C=O) groups is 1. The van der Waals surface area contributed by atoms with E-state index in [1.54, 1.807) is 42.5 Å². The zero-order chi connectivity index (χ0) is 22.2. The lowest BCUT2D eigenvalue weighted by Crippen LogP contribution is -2.34. The summed E-state index contributed by atoms with van der Waals surface area (Å²) in [5, 5.41) is 7.05. The second kappa shape index (κ2) is 8.27. The van der Waals surface area contributed by atoms with Crippen LogP contribution in [0, 0.1) is 0 Å². The molecule has 9 heteroatoms. The van der Waals surface area contributed by atoms with Gasteiger partial charge in [0.15, 0.2) is 10.7 Å². The molecule has 2 N–H and O–H groups in total. The fourth-order valence-electron chi connectivity index (χ4n) is 3.24. The summed E-state index contributed by atoms with van der Waals surface area (Å²) in [4.78, 5) is 17.1. The molecule has 5 aromatic rings. The van der Waals surface area contributed by atoms with Gasteiger partial charge < -0.3 is 14.2 Å². The van der Waals surface area contributed by atoms with Crippen LogP contribution in [0.2, 0.25) is 10.0 Å². The van der Waals surface area contributed by atoms with E-state index in [0.29, 0.717) is 44.2 Å². The van der Waals surface area contributed by atoms with E-state index in [-0.39, 0.29) is 15.9 Å². The Morgan fingerprint density at radius 1 is 0.938 bits per heavy atom. The molecule has 6 nitrogen and oxygen atoms in total. The Labute approximate surface area is 197 Å². The molecule has 158 valence electrons. The van der Waals surface area contributed by atoms with Crippen LogP contribution in [0.5, 0.6) is 0 Å². The first-order valence-electron chi connectivity index (χ1n) is 9.44. The number of nitrogens with zero attached hydrogens (tertiary/aromatic N) is 1. The Kier molecular flexibility index (Phi) is 5.30. The van der Waals surface area contributed by atoms with Crippen LogP contribution < -0.4 is 10.6 Å². The molecule has 0 unspecified atom stereocenters. The number of fused-ring (bicyclic) bond motifs is 2. The molecule has 0 saturated heterocycles. The third-order valence-electron chi connectivity index (χ3n) is 4.72. The molecule has 0 atom stereocenters. The lowest BCUT2D eigenvalue weighted by atomic mass is 10.2. The lowest BCUT2D eigenvalue weighted by Gasteiger charge is -2.08. The molecule has 0 spiro atoms. The van der Waals surface area contributed by atoms with E-state index < -0.39 is 5.91 Å². The van der Waals surface area contributed by atoms with Gasteiger partial charge in [-0.25, -0.2) is 4.98 Å². The van der Waals surface area contributed by atoms with Gasteiger partial charge in [0.05, 0.1) is 15.6 Å². The number of rotatable bonds is 3. The molecule has 0 fully saturated rings. The van der Waals surface area contributed by atoms with Crippen molar-refractivity contribution in [2.45, 2.75) is 0 Å². The Morgan fingerprint density at radius 2 is 1.72 bits per heavy atom. The van der Waals surface area contributed by atoms with Crippen molar-refractivity contribution in [3.63, 3.8) is 0 Å². The molecule has 5 rings (SSSR count). The van der Waals surface area contributed by atoms with Crippen molar-refractivity contribution in [1.29, 1.82) is 0 Å². The zero-order valence-electron chi connectivity index (χ0n) is 16.2. The van der Waals surface area contributed by atoms with Gasteiger partial charge in [0.25, 0.3) is 5.91 Å². The number of benzene rings is 3. The molecule has 0 bridgehead atoms. The summed E-state index contributed by atoms with van der Waals surface area (Å²) in [5.41, 5.74) is 3.05. The van der Waals surface area contributed by atoms with Crippen LogP contribution in [-0.2, 0) is 0 Å². The summed E-state index contributed by atoms with van der Waals surface area (Å²) < 4.78 is 11.4. The molecule has 3 aromatic carbocycles. The first-order chi connectivity index (χ1) is 15.5. The van der Waals surface area contributed by atoms with Crippen LogP contribution in [0.1, 0.15) is 10.6 Å². The third kappa shape index (κ3) is 3.82. The minimum Gasteiger partial charge on any atom is -0.449 e. The number of hydrogen-bond acceptors (Lipinski definition) is 5. The molecule has 0 saturated carbocycles. The number of anilines is 1. The Morgan fingerprint density at radius 3 is 2.53 bits per heavy atom. The largest absolute Gasteiger partial charge is 0.449 e. The number of hydrogen-bond donors (Lipinski definition) is 2. The van der Waals surface area contributed by atoms with Crippen LogP contribution in [0.15, 0.2) is 75.6 Å². The number of oxazole rings is 1. The molecule has 2 aromatic heterocycles. The number of halogens is 2. The SMILES string of the molecule is O=C(NC(=S)Nc1ccc2oc(-c3ccccc3Cl)nc2c1)c1oc2ccccc2c1Cl. The number of thiocarbonyl (C=S) groups is 1. The van der Waals surface area contributed by atoms with Crippen LogP contribution in [0.3, 0.4) is 0 Å². The van der Waals surface area contributed by atoms with Gasteiger partial charge in [0.2, 0.25) is 11.7 Å². The van der Waals surface area contributed by atoms with Gasteiger partial charge in [-0.2, -0.15) is 0 Å². The Hall–Kier alpha value is -3.39. The standard InChI is InChI=1S/C23H13Cl2N3O3S/c24-15-7-3-1-5-13(15)22-27-16-11-12(9-10-18(16)31-22)26-23(32)28-21(29)20-19(25)14-6-2-4-8-17(14)30-20/h1-11H,(H2,26,28,29,32). The van der Waals surface area contributed by atoms with Crippen LogP contribution in [0.4, 0.5) is 5.69 Å². The maximum atomic E-state index is 12.6. The van der Waals surface area contributed by atoms with Crippen molar-refractivity contribution in [3.05, 3.63) is 82.5 Å². The van der Waals surface area contributed by atoms with Gasteiger partial charge in [0, 0.05) is 11.1 Å². The molecule has 1 amide bonds. The van der Waals surface area contributed by atoms with E-state index in [1.807, 2.05) is 24.3 Å². The number of furan rings is 1. The first-order valence-corrected chi connectivity index (χ1v) is 10.6. The molecule has 0 radical (unpaired) electrons. The average molecular weight is 482 g/mol. The molecular formula is C23H13Cl2N3O3S. The third-order valence-corrected chi connectivity index (χ3v) is 5.63. The van der Waals surface area contributed by atoms with Crippen molar-refractivity contribution in [1.82, 2.24) is 10.3 Å². The number of aromatic nitrogens is 1. The molecule has 0 aliphatic carbocycles. The van der Waals surface area contributed by atoms with E-state index in [2.05, 4.69) is 15.6 Å². The minimum atomic E-state index is -0.549. The van der Waals surface area contributed by atoms with Crippen molar-refractivity contribution in [2.75, 3.05) is 5.32 Å². The highest BCUT2D eigenvalue weighted by Crippen LogP contribution is 2.31. The maximum absolute atomic E-state index is 12.6. The minimum absolute atomic E-state index is 0.00616. The van der Waals surface area contributed by atoms with Gasteiger partial charge in [-0.15, -0.1) is 0 Å². The van der Waals surface area contributed by atoms with Crippen molar-refractivity contribution in [2.24, 2.45) is 0 Å². The second-order valence-corrected chi connectivity index (χ2v) is 8.02. The van der Waals surface area contributed by atoms with E-state index in [9.17, 15) is 4.79 Å². The van der Waals surface area contributed by atoms with Gasteiger partial charge in [-0.1, -0.05) is 47.5 Å². The number of amides is 1.